The maximum Gasteiger partial charge on any atom is 0.282 e. The lowest BCUT2D eigenvalue weighted by molar-refractivity contribution is -0.129. The summed E-state index contributed by atoms with van der Waals surface area (Å²) in [4.78, 5) is 18.3. The summed E-state index contributed by atoms with van der Waals surface area (Å²) in [7, 11) is -3.33. The van der Waals surface area contributed by atoms with Gasteiger partial charge in [0.1, 0.15) is 0 Å². The molecule has 0 atom stereocenters. The van der Waals surface area contributed by atoms with Gasteiger partial charge < -0.3 is 4.90 Å². The number of hydrogen-bond donors (Lipinski definition) is 1. The number of carbonyl (C=O) groups is 1. The van der Waals surface area contributed by atoms with Gasteiger partial charge in [0.15, 0.2) is 5.83 Å². The zero-order chi connectivity index (χ0) is 20.3. The fraction of sp³-hybridized carbons (Fsp3) is 0.300. The molecule has 0 saturated carbocycles. The van der Waals surface area contributed by atoms with Crippen LogP contribution in [0.4, 0.5) is 4.39 Å². The summed E-state index contributed by atoms with van der Waals surface area (Å²) in [5, 5.41) is 0. The van der Waals surface area contributed by atoms with Crippen LogP contribution in [0.1, 0.15) is 27.9 Å². The third-order valence-corrected chi connectivity index (χ3v) is 5.36. The van der Waals surface area contributed by atoms with Gasteiger partial charge >= 0.3 is 0 Å². The van der Waals surface area contributed by atoms with Gasteiger partial charge in [-0.1, -0.05) is 30.3 Å². The van der Waals surface area contributed by atoms with Crippen molar-refractivity contribution in [1.82, 2.24) is 14.6 Å². The molecule has 0 fully saturated rings. The van der Waals surface area contributed by atoms with Crippen molar-refractivity contribution < 1.29 is 17.6 Å². The van der Waals surface area contributed by atoms with Crippen molar-refractivity contribution in [1.29, 1.82) is 0 Å². The summed E-state index contributed by atoms with van der Waals surface area (Å²) < 4.78 is 39.7. The van der Waals surface area contributed by atoms with Crippen molar-refractivity contribution >= 4 is 22.0 Å². The number of amides is 1. The van der Waals surface area contributed by atoms with E-state index in [1.54, 1.807) is 30.5 Å². The molecule has 2 heterocycles. The van der Waals surface area contributed by atoms with E-state index in [9.17, 15) is 17.6 Å². The molecule has 148 valence electrons. The van der Waals surface area contributed by atoms with Crippen LogP contribution in [-0.4, -0.2) is 37.0 Å². The van der Waals surface area contributed by atoms with Gasteiger partial charge in [0.05, 0.1) is 6.26 Å². The zero-order valence-electron chi connectivity index (χ0n) is 15.8. The highest BCUT2D eigenvalue weighted by Crippen LogP contribution is 2.25. The SMILES string of the molecule is Cc1ncc2c(c1CNS(C)(=O)=O)CCN(C(=O)/C(F)=C/c1ccccc1)C2. The van der Waals surface area contributed by atoms with Gasteiger partial charge in [-0.2, -0.15) is 0 Å². The summed E-state index contributed by atoms with van der Waals surface area (Å²) in [5.41, 5.74) is 3.96. The van der Waals surface area contributed by atoms with E-state index in [2.05, 4.69) is 9.71 Å². The first kappa shape index (κ1) is 20.2. The molecule has 1 aromatic carbocycles. The summed E-state index contributed by atoms with van der Waals surface area (Å²) >= 11 is 0. The number of sulfonamides is 1. The van der Waals surface area contributed by atoms with Crippen LogP contribution < -0.4 is 4.72 Å². The molecule has 1 aliphatic rings. The fourth-order valence-electron chi connectivity index (χ4n) is 3.24. The molecule has 0 radical (unpaired) electrons. The van der Waals surface area contributed by atoms with Crippen molar-refractivity contribution in [3.8, 4) is 0 Å². The molecule has 3 rings (SSSR count). The second kappa shape index (κ2) is 8.20. The number of aromatic nitrogens is 1. The smallest absolute Gasteiger partial charge is 0.282 e. The minimum Gasteiger partial charge on any atom is -0.332 e. The minimum absolute atomic E-state index is 0.150. The van der Waals surface area contributed by atoms with Gasteiger partial charge in [0, 0.05) is 31.5 Å². The Balaban J connectivity index is 1.79. The van der Waals surface area contributed by atoms with Crippen molar-refractivity contribution in [3.63, 3.8) is 0 Å². The lowest BCUT2D eigenvalue weighted by Crippen LogP contribution is -2.37. The van der Waals surface area contributed by atoms with E-state index in [1.165, 1.54) is 11.0 Å². The Labute approximate surface area is 164 Å². The van der Waals surface area contributed by atoms with Crippen LogP contribution >= 0.6 is 0 Å². The molecule has 1 aromatic heterocycles. The van der Waals surface area contributed by atoms with Gasteiger partial charge in [0.25, 0.3) is 5.91 Å². The lowest BCUT2D eigenvalue weighted by Gasteiger charge is -2.30. The number of hydrogen-bond acceptors (Lipinski definition) is 4. The zero-order valence-corrected chi connectivity index (χ0v) is 16.6. The molecule has 0 saturated heterocycles. The first-order valence-corrected chi connectivity index (χ1v) is 10.8. The van der Waals surface area contributed by atoms with Crippen LogP contribution in [0, 0.1) is 6.92 Å². The largest absolute Gasteiger partial charge is 0.332 e. The molecule has 0 unspecified atom stereocenters. The van der Waals surface area contributed by atoms with Crippen LogP contribution in [0.3, 0.4) is 0 Å². The first-order valence-electron chi connectivity index (χ1n) is 8.87. The number of pyridine rings is 1. The first-order chi connectivity index (χ1) is 13.2. The Hall–Kier alpha value is -2.58. The van der Waals surface area contributed by atoms with Crippen molar-refractivity contribution in [3.05, 3.63) is 70.3 Å². The van der Waals surface area contributed by atoms with Crippen LogP contribution in [0.15, 0.2) is 42.4 Å². The lowest BCUT2D eigenvalue weighted by atomic mass is 9.95. The second-order valence-corrected chi connectivity index (χ2v) is 8.63. The van der Waals surface area contributed by atoms with Crippen molar-refractivity contribution in [2.45, 2.75) is 26.4 Å². The third-order valence-electron chi connectivity index (χ3n) is 4.69. The number of carbonyl (C=O) groups excluding carboxylic acids is 1. The molecule has 1 N–H and O–H groups in total. The van der Waals surface area contributed by atoms with Gasteiger partial charge in [0.2, 0.25) is 10.0 Å². The van der Waals surface area contributed by atoms with E-state index in [-0.39, 0.29) is 13.1 Å². The number of rotatable bonds is 5. The van der Waals surface area contributed by atoms with E-state index >= 15 is 0 Å². The predicted molar refractivity (Wildman–Crippen MR) is 105 cm³/mol. The Morgan fingerprint density at radius 2 is 2.04 bits per heavy atom. The number of halogens is 1. The van der Waals surface area contributed by atoms with E-state index in [1.807, 2.05) is 13.0 Å². The third kappa shape index (κ3) is 4.82. The highest BCUT2D eigenvalue weighted by atomic mass is 32.2. The summed E-state index contributed by atoms with van der Waals surface area (Å²) in [6, 6.07) is 8.84. The van der Waals surface area contributed by atoms with E-state index < -0.39 is 21.8 Å². The quantitative estimate of drug-likeness (QED) is 0.777. The Morgan fingerprint density at radius 3 is 2.71 bits per heavy atom. The second-order valence-electron chi connectivity index (χ2n) is 6.80. The van der Waals surface area contributed by atoms with Gasteiger partial charge in [-0.3, -0.25) is 9.78 Å². The maximum atomic E-state index is 14.4. The topological polar surface area (TPSA) is 79.4 Å². The number of fused-ring (bicyclic) bond motifs is 1. The summed E-state index contributed by atoms with van der Waals surface area (Å²) in [5.74, 6) is -1.47. The average Bonchev–Trinajstić information content (AvgIpc) is 2.66. The molecular formula is C20H22FN3O3S. The van der Waals surface area contributed by atoms with Crippen LogP contribution in [0.2, 0.25) is 0 Å². The normalized spacial score (nSPS) is 14.7. The van der Waals surface area contributed by atoms with Gasteiger partial charge in [-0.15, -0.1) is 0 Å². The van der Waals surface area contributed by atoms with Crippen molar-refractivity contribution in [2.75, 3.05) is 12.8 Å². The van der Waals surface area contributed by atoms with Gasteiger partial charge in [-0.25, -0.2) is 17.5 Å². The molecule has 0 spiro atoms. The molecule has 2 aromatic rings. The standard InChI is InChI=1S/C20H22FN3O3S/c1-14-18(12-23-28(2,26)27)17-8-9-24(13-16(17)11-22-14)20(25)19(21)10-15-6-4-3-5-7-15/h3-7,10-11,23H,8-9,12-13H2,1-2H3/b19-10-. The Bertz CT molecular complexity index is 1020. The molecule has 1 aliphatic heterocycles. The fourth-order valence-corrected chi connectivity index (χ4v) is 3.65. The monoisotopic (exact) mass is 403 g/mol. The molecule has 8 heteroatoms. The number of nitrogens with one attached hydrogen (secondary N) is 1. The summed E-state index contributed by atoms with van der Waals surface area (Å²) in [6.07, 6.45) is 4.52. The van der Waals surface area contributed by atoms with Crippen molar-refractivity contribution in [2.24, 2.45) is 0 Å². The Morgan fingerprint density at radius 1 is 1.32 bits per heavy atom. The van der Waals surface area contributed by atoms with E-state index in [0.29, 0.717) is 18.5 Å². The highest BCUT2D eigenvalue weighted by molar-refractivity contribution is 7.88. The van der Waals surface area contributed by atoms with Gasteiger partial charge in [-0.05, 0) is 41.7 Å². The molecule has 0 bridgehead atoms. The van der Waals surface area contributed by atoms with E-state index in [0.717, 1.165) is 28.6 Å². The van der Waals surface area contributed by atoms with E-state index in [4.69, 9.17) is 0 Å². The Kier molecular flexibility index (Phi) is 5.90. The maximum absolute atomic E-state index is 14.4. The molecule has 1 amide bonds. The number of benzene rings is 1. The number of aryl methyl sites for hydroxylation is 1. The van der Waals surface area contributed by atoms with Crippen LogP contribution in [0.5, 0.6) is 0 Å². The number of nitrogens with zero attached hydrogens (tertiary/aromatic N) is 2. The van der Waals surface area contributed by atoms with Crippen LogP contribution in [0.25, 0.3) is 6.08 Å². The highest BCUT2D eigenvalue weighted by Gasteiger charge is 2.26. The predicted octanol–water partition coefficient (Wildman–Crippen LogP) is 2.33. The molecule has 28 heavy (non-hydrogen) atoms. The summed E-state index contributed by atoms with van der Waals surface area (Å²) in [6.45, 7) is 2.57. The molecule has 0 aliphatic carbocycles. The van der Waals surface area contributed by atoms with Crippen LogP contribution in [-0.2, 0) is 34.3 Å². The molecular weight excluding hydrogens is 381 g/mol. The minimum atomic E-state index is -3.33. The molecule has 6 nitrogen and oxygen atoms in total. The average molecular weight is 403 g/mol.